The molecule has 0 amide bonds. The Labute approximate surface area is 178 Å². The summed E-state index contributed by atoms with van der Waals surface area (Å²) in [5.74, 6) is 0.658. The summed E-state index contributed by atoms with van der Waals surface area (Å²) >= 11 is 1.53. The minimum atomic E-state index is -0.147. The molecule has 8 heteroatoms. The average molecular weight is 421 g/mol. The third-order valence-electron chi connectivity index (χ3n) is 4.75. The number of nitrogens with zero attached hydrogens (tertiary/aromatic N) is 4. The van der Waals surface area contributed by atoms with Crippen molar-refractivity contribution < 1.29 is 0 Å². The third-order valence-corrected chi connectivity index (χ3v) is 5.55. The van der Waals surface area contributed by atoms with Crippen LogP contribution in [-0.4, -0.2) is 52.0 Å². The number of fused-ring (bicyclic) bond motifs is 1. The smallest absolute Gasteiger partial charge is 0.258 e. The monoisotopic (exact) mass is 420 g/mol. The maximum Gasteiger partial charge on any atom is 0.258 e. The van der Waals surface area contributed by atoms with Gasteiger partial charge in [-0.05, 0) is 32.1 Å². The molecule has 154 valence electrons. The van der Waals surface area contributed by atoms with E-state index >= 15 is 0 Å². The summed E-state index contributed by atoms with van der Waals surface area (Å²) in [7, 11) is 4.07. The molecule has 0 unspecified atom stereocenters. The van der Waals surface area contributed by atoms with Gasteiger partial charge in [0.1, 0.15) is 22.7 Å². The molecule has 7 nitrogen and oxygen atoms in total. The van der Waals surface area contributed by atoms with E-state index in [1.165, 1.54) is 16.9 Å². The lowest BCUT2D eigenvalue weighted by Crippen LogP contribution is -2.20. The highest BCUT2D eigenvalue weighted by atomic mass is 32.1. The van der Waals surface area contributed by atoms with Gasteiger partial charge < -0.3 is 15.2 Å². The molecule has 0 bridgehead atoms. The number of rotatable bonds is 8. The molecule has 4 rings (SSSR count). The second-order valence-corrected chi connectivity index (χ2v) is 8.18. The van der Waals surface area contributed by atoms with Gasteiger partial charge in [-0.1, -0.05) is 30.3 Å². The van der Waals surface area contributed by atoms with Crippen molar-refractivity contribution in [2.75, 3.05) is 32.5 Å². The topological polar surface area (TPSA) is 86.8 Å². The van der Waals surface area contributed by atoms with Crippen molar-refractivity contribution in [3.8, 4) is 11.4 Å². The first-order valence-corrected chi connectivity index (χ1v) is 10.7. The summed E-state index contributed by atoms with van der Waals surface area (Å²) in [5.41, 5.74) is 3.02. The van der Waals surface area contributed by atoms with Crippen molar-refractivity contribution in [1.82, 2.24) is 24.8 Å². The summed E-state index contributed by atoms with van der Waals surface area (Å²) < 4.78 is 0. The number of pyridine rings is 1. The minimum absolute atomic E-state index is 0.147. The van der Waals surface area contributed by atoms with Gasteiger partial charge in [0.25, 0.3) is 5.56 Å². The van der Waals surface area contributed by atoms with Gasteiger partial charge in [-0.3, -0.25) is 9.78 Å². The molecule has 0 saturated carbocycles. The maximum absolute atomic E-state index is 12.6. The molecular weight excluding hydrogens is 396 g/mol. The number of aromatic amines is 1. The number of hydrogen-bond acceptors (Lipinski definition) is 7. The van der Waals surface area contributed by atoms with Crippen LogP contribution in [0.1, 0.15) is 11.4 Å². The lowest BCUT2D eigenvalue weighted by Gasteiger charge is -2.09. The summed E-state index contributed by atoms with van der Waals surface area (Å²) in [4.78, 5) is 31.6. The van der Waals surface area contributed by atoms with Crippen LogP contribution in [0.3, 0.4) is 0 Å². The first kappa shape index (κ1) is 20.2. The zero-order chi connectivity index (χ0) is 20.9. The van der Waals surface area contributed by atoms with Crippen molar-refractivity contribution in [3.63, 3.8) is 0 Å². The number of thiazole rings is 1. The average Bonchev–Trinajstić information content (AvgIpc) is 3.21. The molecule has 0 fully saturated rings. The molecule has 0 spiro atoms. The highest BCUT2D eigenvalue weighted by Crippen LogP contribution is 2.27. The van der Waals surface area contributed by atoms with Gasteiger partial charge in [-0.15, -0.1) is 11.3 Å². The van der Waals surface area contributed by atoms with E-state index in [2.05, 4.69) is 37.3 Å². The highest BCUT2D eigenvalue weighted by Gasteiger charge is 2.14. The number of benzene rings is 1. The number of aryl methyl sites for hydroxylation is 2. The van der Waals surface area contributed by atoms with Crippen molar-refractivity contribution >= 4 is 27.4 Å². The van der Waals surface area contributed by atoms with Crippen LogP contribution in [0.25, 0.3) is 22.3 Å². The first-order chi connectivity index (χ1) is 14.6. The summed E-state index contributed by atoms with van der Waals surface area (Å²) in [6, 6.07) is 11.9. The molecule has 0 aliphatic heterocycles. The Hall–Kier alpha value is -3.10. The summed E-state index contributed by atoms with van der Waals surface area (Å²) in [5, 5.41) is 6.64. The molecule has 1 aromatic carbocycles. The fourth-order valence-electron chi connectivity index (χ4n) is 3.18. The Kier molecular flexibility index (Phi) is 6.15. The number of nitrogens with one attached hydrogen (secondary N) is 2. The Bertz CT molecular complexity index is 1190. The van der Waals surface area contributed by atoms with Gasteiger partial charge in [0.05, 0.1) is 5.39 Å². The zero-order valence-electron chi connectivity index (χ0n) is 17.1. The van der Waals surface area contributed by atoms with Crippen LogP contribution in [0.4, 0.5) is 5.13 Å². The van der Waals surface area contributed by atoms with Crippen molar-refractivity contribution in [2.45, 2.75) is 12.8 Å². The molecule has 30 heavy (non-hydrogen) atoms. The molecular formula is C22H24N6OS. The van der Waals surface area contributed by atoms with Gasteiger partial charge in [-0.25, -0.2) is 9.97 Å². The number of anilines is 1. The van der Waals surface area contributed by atoms with E-state index in [1.807, 2.05) is 37.7 Å². The quantitative estimate of drug-likeness (QED) is 0.455. The Balaban J connectivity index is 1.61. The molecule has 0 aliphatic rings. The van der Waals surface area contributed by atoms with Gasteiger partial charge in [-0.2, -0.15) is 0 Å². The predicted molar refractivity (Wildman–Crippen MR) is 122 cm³/mol. The zero-order valence-corrected chi connectivity index (χ0v) is 17.9. The normalized spacial score (nSPS) is 11.3. The summed E-state index contributed by atoms with van der Waals surface area (Å²) in [6.07, 6.45) is 3.09. The van der Waals surface area contributed by atoms with Crippen LogP contribution in [0.2, 0.25) is 0 Å². The van der Waals surface area contributed by atoms with Gasteiger partial charge in [0.15, 0.2) is 5.13 Å². The van der Waals surface area contributed by atoms with E-state index in [0.29, 0.717) is 28.8 Å². The van der Waals surface area contributed by atoms with E-state index in [4.69, 9.17) is 4.98 Å². The maximum atomic E-state index is 12.6. The second-order valence-electron chi connectivity index (χ2n) is 7.32. The lowest BCUT2D eigenvalue weighted by atomic mass is 10.1. The number of aromatic nitrogens is 4. The first-order valence-electron chi connectivity index (χ1n) is 9.86. The Morgan fingerprint density at radius 1 is 1.10 bits per heavy atom. The largest absolute Gasteiger partial charge is 0.360 e. The number of likely N-dealkylation sites (N-methyl/N-ethyl adjacent to an activating group) is 1. The third kappa shape index (κ3) is 4.72. The van der Waals surface area contributed by atoms with Crippen LogP contribution in [0.5, 0.6) is 0 Å². The molecule has 0 aliphatic carbocycles. The van der Waals surface area contributed by atoms with Gasteiger partial charge >= 0.3 is 0 Å². The van der Waals surface area contributed by atoms with Crippen molar-refractivity contribution in [2.24, 2.45) is 0 Å². The molecule has 2 N–H and O–H groups in total. The van der Waals surface area contributed by atoms with Crippen LogP contribution in [-0.2, 0) is 12.8 Å². The van der Waals surface area contributed by atoms with Crippen molar-refractivity contribution in [1.29, 1.82) is 0 Å². The standard InChI is InChI=1S/C22H24N6OS/c1-28(2)13-12-24-22-25-17(14-30-22)20-19-16(10-11-23-20)21(29)27-18(26-19)9-8-15-6-4-3-5-7-15/h3-7,10-11,14H,8-9,12-13H2,1-2H3,(H,24,25)(H,26,27,29). The predicted octanol–water partition coefficient (Wildman–Crippen LogP) is 3.20. The fourth-order valence-corrected chi connectivity index (χ4v) is 3.90. The van der Waals surface area contributed by atoms with Crippen LogP contribution >= 0.6 is 11.3 Å². The SMILES string of the molecule is CN(C)CCNc1nc(-c2nccc3c(=O)[nH]c(CCc4ccccc4)nc23)cs1. The van der Waals surface area contributed by atoms with Crippen molar-refractivity contribution in [3.05, 3.63) is 69.7 Å². The highest BCUT2D eigenvalue weighted by molar-refractivity contribution is 7.14. The molecule has 3 heterocycles. The molecule has 0 atom stereocenters. The number of H-pyrrole nitrogens is 1. The Morgan fingerprint density at radius 2 is 1.93 bits per heavy atom. The minimum Gasteiger partial charge on any atom is -0.360 e. The molecule has 0 saturated heterocycles. The number of hydrogen-bond donors (Lipinski definition) is 2. The molecule has 3 aromatic heterocycles. The summed E-state index contributed by atoms with van der Waals surface area (Å²) in [6.45, 7) is 1.73. The lowest BCUT2D eigenvalue weighted by molar-refractivity contribution is 0.425. The van der Waals surface area contributed by atoms with Crippen LogP contribution in [0, 0.1) is 0 Å². The fraction of sp³-hybridized carbons (Fsp3) is 0.273. The molecule has 4 aromatic rings. The second kappa shape index (κ2) is 9.15. The van der Waals surface area contributed by atoms with Gasteiger partial charge in [0, 0.05) is 31.1 Å². The van der Waals surface area contributed by atoms with E-state index in [1.54, 1.807) is 12.3 Å². The van der Waals surface area contributed by atoms with E-state index in [0.717, 1.165) is 30.3 Å². The van der Waals surface area contributed by atoms with Crippen LogP contribution < -0.4 is 10.9 Å². The van der Waals surface area contributed by atoms with Crippen LogP contribution in [0.15, 0.2) is 52.8 Å². The van der Waals surface area contributed by atoms with E-state index in [-0.39, 0.29) is 5.56 Å². The van der Waals surface area contributed by atoms with E-state index in [9.17, 15) is 4.79 Å². The Morgan fingerprint density at radius 3 is 2.73 bits per heavy atom. The molecule has 0 radical (unpaired) electrons. The van der Waals surface area contributed by atoms with E-state index < -0.39 is 0 Å². The van der Waals surface area contributed by atoms with Gasteiger partial charge in [0.2, 0.25) is 0 Å².